The number of aryl methyl sites for hydroxylation is 4. The molecular weight excluding hydrogens is 410 g/mol. The second-order valence-electron chi connectivity index (χ2n) is 7.74. The van der Waals surface area contributed by atoms with Gasteiger partial charge < -0.3 is 18.7 Å². The smallest absolute Gasteiger partial charge is 0.336 e. The van der Waals surface area contributed by atoms with Crippen molar-refractivity contribution in [2.75, 3.05) is 5.32 Å². The van der Waals surface area contributed by atoms with Crippen molar-refractivity contribution in [2.24, 2.45) is 0 Å². The van der Waals surface area contributed by atoms with E-state index in [1.807, 2.05) is 26.8 Å². The van der Waals surface area contributed by atoms with Crippen molar-refractivity contribution < 1.29 is 18.2 Å². The maximum atomic E-state index is 13.3. The summed E-state index contributed by atoms with van der Waals surface area (Å²) in [5, 5.41) is 8.19. The fraction of sp³-hybridized carbons (Fsp3) is 0.167. The number of fused-ring (bicyclic) bond motifs is 2. The lowest BCUT2D eigenvalue weighted by molar-refractivity contribution is 0.102. The molecule has 8 heteroatoms. The van der Waals surface area contributed by atoms with Gasteiger partial charge in [0.05, 0.1) is 22.3 Å². The molecule has 1 N–H and O–H groups in total. The van der Waals surface area contributed by atoms with E-state index in [1.54, 1.807) is 31.2 Å². The summed E-state index contributed by atoms with van der Waals surface area (Å²) in [5.41, 5.74) is 3.78. The fourth-order valence-corrected chi connectivity index (χ4v) is 3.90. The Kier molecular flexibility index (Phi) is 4.44. The highest BCUT2D eigenvalue weighted by Gasteiger charge is 2.21. The number of anilines is 1. The van der Waals surface area contributed by atoms with Crippen LogP contribution in [0.3, 0.4) is 0 Å². The summed E-state index contributed by atoms with van der Waals surface area (Å²) >= 11 is 0. The van der Waals surface area contributed by atoms with Crippen LogP contribution in [0.25, 0.3) is 33.3 Å². The molecule has 0 atom stereocenters. The van der Waals surface area contributed by atoms with Crippen molar-refractivity contribution in [1.29, 1.82) is 0 Å². The molecule has 0 unspecified atom stereocenters. The third-order valence-electron chi connectivity index (χ3n) is 5.39. The molecule has 0 aliphatic carbocycles. The van der Waals surface area contributed by atoms with E-state index in [-0.39, 0.29) is 11.6 Å². The molecule has 4 heterocycles. The maximum Gasteiger partial charge on any atom is 0.336 e. The maximum absolute atomic E-state index is 13.3. The number of aromatic nitrogens is 2. The first-order chi connectivity index (χ1) is 15.3. The normalized spacial score (nSPS) is 11.4. The second kappa shape index (κ2) is 7.19. The Morgan fingerprint density at radius 1 is 1.00 bits per heavy atom. The highest BCUT2D eigenvalue weighted by molar-refractivity contribution is 6.13. The van der Waals surface area contributed by atoms with Crippen LogP contribution >= 0.6 is 0 Å². The first-order valence-electron chi connectivity index (χ1n) is 10.0. The molecule has 8 nitrogen and oxygen atoms in total. The zero-order valence-corrected chi connectivity index (χ0v) is 17.9. The average Bonchev–Trinajstić information content (AvgIpc) is 3.28. The highest BCUT2D eigenvalue weighted by Crippen LogP contribution is 2.31. The predicted octanol–water partition coefficient (Wildman–Crippen LogP) is 5.08. The van der Waals surface area contributed by atoms with Gasteiger partial charge in [-0.2, -0.15) is 0 Å². The number of hydrogen-bond donors (Lipinski definition) is 1. The molecule has 0 aliphatic rings. The van der Waals surface area contributed by atoms with Crippen molar-refractivity contribution in [2.45, 2.75) is 27.7 Å². The average molecular weight is 429 g/mol. The van der Waals surface area contributed by atoms with Crippen LogP contribution in [0.2, 0.25) is 0 Å². The largest absolute Gasteiger partial charge is 0.466 e. The standard InChI is InChI=1S/C24H19N3O5/c1-11-7-21(28)31-20-9-15(5-6-16(11)20)25-23(29)18-10-19(17-8-12(2)30-14(17)4)26-24-22(18)13(3)27-32-24/h5-10H,1-4H3,(H,25,29). The van der Waals surface area contributed by atoms with Crippen LogP contribution < -0.4 is 10.9 Å². The highest BCUT2D eigenvalue weighted by atomic mass is 16.5. The van der Waals surface area contributed by atoms with E-state index in [9.17, 15) is 9.59 Å². The zero-order chi connectivity index (χ0) is 22.6. The Bertz CT molecular complexity index is 1590. The van der Waals surface area contributed by atoms with E-state index in [0.717, 1.165) is 22.3 Å². The van der Waals surface area contributed by atoms with E-state index in [0.29, 0.717) is 39.4 Å². The zero-order valence-electron chi connectivity index (χ0n) is 17.9. The first kappa shape index (κ1) is 19.7. The van der Waals surface area contributed by atoms with E-state index >= 15 is 0 Å². The van der Waals surface area contributed by atoms with Crippen molar-refractivity contribution in [1.82, 2.24) is 10.1 Å². The number of pyridine rings is 1. The molecular formula is C24H19N3O5. The molecule has 4 aromatic heterocycles. The molecule has 0 aliphatic heterocycles. The van der Waals surface area contributed by atoms with Gasteiger partial charge in [-0.3, -0.25) is 4.79 Å². The number of furan rings is 1. The van der Waals surface area contributed by atoms with Gasteiger partial charge in [0, 0.05) is 28.8 Å². The van der Waals surface area contributed by atoms with Crippen molar-refractivity contribution in [3.63, 3.8) is 0 Å². The van der Waals surface area contributed by atoms with Gasteiger partial charge in [0.2, 0.25) is 0 Å². The number of nitrogens with zero attached hydrogens (tertiary/aromatic N) is 2. The van der Waals surface area contributed by atoms with Gasteiger partial charge in [0.15, 0.2) is 0 Å². The molecule has 0 spiro atoms. The number of carbonyl (C=O) groups excluding carboxylic acids is 1. The topological polar surface area (TPSA) is 111 Å². The molecule has 32 heavy (non-hydrogen) atoms. The van der Waals surface area contributed by atoms with Gasteiger partial charge in [0.1, 0.15) is 17.1 Å². The molecule has 1 amide bonds. The van der Waals surface area contributed by atoms with Gasteiger partial charge in [-0.1, -0.05) is 5.16 Å². The van der Waals surface area contributed by atoms with Gasteiger partial charge >= 0.3 is 5.63 Å². The minimum Gasteiger partial charge on any atom is -0.466 e. The summed E-state index contributed by atoms with van der Waals surface area (Å²) in [5.74, 6) is 1.07. The molecule has 5 rings (SSSR count). The third kappa shape index (κ3) is 3.26. The predicted molar refractivity (Wildman–Crippen MR) is 119 cm³/mol. The van der Waals surface area contributed by atoms with Crippen LogP contribution in [0.1, 0.15) is 33.1 Å². The summed E-state index contributed by atoms with van der Waals surface area (Å²) in [7, 11) is 0. The van der Waals surface area contributed by atoms with Gasteiger partial charge in [0.25, 0.3) is 11.6 Å². The molecule has 160 valence electrons. The van der Waals surface area contributed by atoms with Gasteiger partial charge in [-0.25, -0.2) is 9.78 Å². The van der Waals surface area contributed by atoms with E-state index in [2.05, 4.69) is 15.5 Å². The monoisotopic (exact) mass is 429 g/mol. The number of hydrogen-bond acceptors (Lipinski definition) is 7. The Morgan fingerprint density at radius 2 is 1.81 bits per heavy atom. The Hall–Kier alpha value is -4.20. The van der Waals surface area contributed by atoms with Crippen LogP contribution in [0.15, 0.2) is 54.6 Å². The fourth-order valence-electron chi connectivity index (χ4n) is 3.90. The Morgan fingerprint density at radius 3 is 2.56 bits per heavy atom. The lowest BCUT2D eigenvalue weighted by Crippen LogP contribution is -2.13. The van der Waals surface area contributed by atoms with Gasteiger partial charge in [-0.05, 0) is 57.5 Å². The molecule has 0 bridgehead atoms. The summed E-state index contributed by atoms with van der Waals surface area (Å²) in [6.07, 6.45) is 0. The summed E-state index contributed by atoms with van der Waals surface area (Å²) < 4.78 is 16.3. The SMILES string of the molecule is Cc1cc(-c2cc(C(=O)Nc3ccc4c(C)cc(=O)oc4c3)c3c(C)noc3n2)c(C)o1. The number of benzene rings is 1. The van der Waals surface area contributed by atoms with Crippen LogP contribution in [0, 0.1) is 27.7 Å². The summed E-state index contributed by atoms with van der Waals surface area (Å²) in [6, 6.07) is 10.2. The molecule has 1 aromatic carbocycles. The lowest BCUT2D eigenvalue weighted by atomic mass is 10.0. The summed E-state index contributed by atoms with van der Waals surface area (Å²) in [6.45, 7) is 7.27. The van der Waals surface area contributed by atoms with E-state index in [4.69, 9.17) is 13.4 Å². The summed E-state index contributed by atoms with van der Waals surface area (Å²) in [4.78, 5) is 29.6. The van der Waals surface area contributed by atoms with Gasteiger partial charge in [-0.15, -0.1) is 0 Å². The van der Waals surface area contributed by atoms with E-state index < -0.39 is 5.63 Å². The van der Waals surface area contributed by atoms with Crippen molar-refractivity contribution >= 4 is 33.7 Å². The molecule has 0 saturated heterocycles. The van der Waals surface area contributed by atoms with Crippen molar-refractivity contribution in [3.8, 4) is 11.3 Å². The molecule has 0 saturated carbocycles. The Labute approximate surface area is 181 Å². The van der Waals surface area contributed by atoms with Crippen LogP contribution in [0.4, 0.5) is 5.69 Å². The quantitative estimate of drug-likeness (QED) is 0.398. The van der Waals surface area contributed by atoms with Crippen LogP contribution in [0.5, 0.6) is 0 Å². The Balaban J connectivity index is 1.60. The number of carbonyl (C=O) groups is 1. The number of rotatable bonds is 3. The molecule has 0 radical (unpaired) electrons. The molecule has 5 aromatic rings. The lowest BCUT2D eigenvalue weighted by Gasteiger charge is -2.09. The minimum atomic E-state index is -0.440. The minimum absolute atomic E-state index is 0.267. The molecule has 0 fully saturated rings. The van der Waals surface area contributed by atoms with Crippen LogP contribution in [-0.2, 0) is 0 Å². The third-order valence-corrected chi connectivity index (χ3v) is 5.39. The van der Waals surface area contributed by atoms with Crippen LogP contribution in [-0.4, -0.2) is 16.0 Å². The number of nitrogens with one attached hydrogen (secondary N) is 1. The second-order valence-corrected chi connectivity index (χ2v) is 7.74. The first-order valence-corrected chi connectivity index (χ1v) is 10.0. The van der Waals surface area contributed by atoms with E-state index in [1.165, 1.54) is 6.07 Å². The van der Waals surface area contributed by atoms with Crippen molar-refractivity contribution in [3.05, 3.63) is 75.2 Å². The number of amides is 1.